The summed E-state index contributed by atoms with van der Waals surface area (Å²) in [6, 6.07) is 18.2. The number of thioether (sulfide) groups is 1. The predicted octanol–water partition coefficient (Wildman–Crippen LogP) is 4.65. The van der Waals surface area contributed by atoms with Crippen LogP contribution >= 0.6 is 11.8 Å². The van der Waals surface area contributed by atoms with Crippen LogP contribution in [0.4, 0.5) is 0 Å². The van der Waals surface area contributed by atoms with Crippen molar-refractivity contribution in [2.75, 3.05) is 0 Å². The first-order valence-electron chi connectivity index (χ1n) is 8.40. The lowest BCUT2D eigenvalue weighted by atomic mass is 10.1. The lowest BCUT2D eigenvalue weighted by Crippen LogP contribution is -2.30. The van der Waals surface area contributed by atoms with Crippen LogP contribution in [0, 0.1) is 13.8 Å². The molecule has 0 saturated carbocycles. The van der Waals surface area contributed by atoms with Crippen LogP contribution in [0.1, 0.15) is 23.6 Å². The summed E-state index contributed by atoms with van der Waals surface area (Å²) >= 11 is 1.50. The molecule has 0 saturated heterocycles. The highest BCUT2D eigenvalue weighted by Gasteiger charge is 2.16. The van der Waals surface area contributed by atoms with E-state index in [1.54, 1.807) is 0 Å². The molecule has 0 fully saturated rings. The van der Waals surface area contributed by atoms with Crippen LogP contribution in [-0.4, -0.2) is 16.1 Å². The zero-order chi connectivity index (χ0) is 17.8. The first-order chi connectivity index (χ1) is 12.0. The van der Waals surface area contributed by atoms with Gasteiger partial charge in [0, 0.05) is 11.9 Å². The van der Waals surface area contributed by atoms with Crippen LogP contribution < -0.4 is 5.32 Å². The highest BCUT2D eigenvalue weighted by atomic mass is 32.2. The normalized spacial score (nSPS) is 12.1. The Hall–Kier alpha value is -2.33. The minimum Gasteiger partial charge on any atom is -0.351 e. The molecule has 0 spiro atoms. The lowest BCUT2D eigenvalue weighted by molar-refractivity contribution is -0.120. The molecule has 0 aliphatic carbocycles. The Bertz CT molecular complexity index is 893. The molecule has 1 amide bonds. The molecule has 0 radical (unpaired) electrons. The maximum Gasteiger partial charge on any atom is 0.233 e. The van der Waals surface area contributed by atoms with Crippen LogP contribution in [0.15, 0.2) is 59.6 Å². The van der Waals surface area contributed by atoms with E-state index in [2.05, 4.69) is 43.4 Å². The number of pyridine rings is 1. The third kappa shape index (κ3) is 4.20. The van der Waals surface area contributed by atoms with Gasteiger partial charge in [0.1, 0.15) is 0 Å². The molecular weight excluding hydrogens is 328 g/mol. The van der Waals surface area contributed by atoms with Gasteiger partial charge in [0.15, 0.2) is 0 Å². The van der Waals surface area contributed by atoms with E-state index in [1.807, 2.05) is 37.3 Å². The third-order valence-electron chi connectivity index (χ3n) is 4.20. The first-order valence-corrected chi connectivity index (χ1v) is 9.28. The number of benzene rings is 2. The number of amides is 1. The van der Waals surface area contributed by atoms with Gasteiger partial charge in [-0.15, -0.1) is 0 Å². The van der Waals surface area contributed by atoms with Gasteiger partial charge in [-0.1, -0.05) is 60.3 Å². The van der Waals surface area contributed by atoms with Gasteiger partial charge < -0.3 is 5.32 Å². The van der Waals surface area contributed by atoms with Crippen molar-refractivity contribution in [3.05, 3.63) is 71.3 Å². The second kappa shape index (κ2) is 7.70. The van der Waals surface area contributed by atoms with Crippen LogP contribution in [0.3, 0.4) is 0 Å². The monoisotopic (exact) mass is 350 g/mol. The number of carbonyl (C=O) groups is 1. The summed E-state index contributed by atoms with van der Waals surface area (Å²) in [5.74, 6) is 0.0261. The fourth-order valence-corrected chi connectivity index (χ4v) is 3.70. The molecule has 1 N–H and O–H groups in total. The molecule has 3 aromatic rings. The number of rotatable bonds is 5. The molecule has 128 valence electrons. The summed E-state index contributed by atoms with van der Waals surface area (Å²) in [5, 5.41) is 4.86. The van der Waals surface area contributed by atoms with Gasteiger partial charge in [0.25, 0.3) is 0 Å². The maximum absolute atomic E-state index is 12.4. The number of hydrogen-bond acceptors (Lipinski definition) is 3. The Kier molecular flexibility index (Phi) is 5.39. The smallest absolute Gasteiger partial charge is 0.233 e. The summed E-state index contributed by atoms with van der Waals surface area (Å²) in [5.41, 5.74) is 4.46. The molecule has 0 aliphatic heterocycles. The predicted molar refractivity (Wildman–Crippen MR) is 105 cm³/mol. The summed E-state index contributed by atoms with van der Waals surface area (Å²) in [4.78, 5) is 17.1. The molecule has 3 nitrogen and oxygen atoms in total. The number of nitrogens with one attached hydrogen (secondary N) is 1. The Morgan fingerprint density at radius 1 is 1.08 bits per heavy atom. The van der Waals surface area contributed by atoms with Crippen molar-refractivity contribution in [3.8, 4) is 0 Å². The van der Waals surface area contributed by atoms with E-state index in [0.717, 1.165) is 21.7 Å². The number of para-hydroxylation sites is 1. The minimum absolute atomic E-state index is 0.0261. The summed E-state index contributed by atoms with van der Waals surface area (Å²) in [7, 11) is 0. The van der Waals surface area contributed by atoms with Crippen molar-refractivity contribution in [2.24, 2.45) is 0 Å². The van der Waals surface area contributed by atoms with E-state index < -0.39 is 0 Å². The quantitative estimate of drug-likeness (QED) is 0.681. The molecule has 1 atom stereocenters. The van der Waals surface area contributed by atoms with Crippen LogP contribution in [0.25, 0.3) is 10.9 Å². The van der Waals surface area contributed by atoms with E-state index in [-0.39, 0.29) is 11.2 Å². The van der Waals surface area contributed by atoms with Gasteiger partial charge in [0.05, 0.1) is 15.8 Å². The van der Waals surface area contributed by atoms with Crippen molar-refractivity contribution >= 4 is 28.6 Å². The molecule has 1 aromatic heterocycles. The van der Waals surface area contributed by atoms with E-state index in [0.29, 0.717) is 6.54 Å². The maximum atomic E-state index is 12.4. The zero-order valence-corrected chi connectivity index (χ0v) is 15.6. The standard InChI is InChI=1S/C21H22N2OS/c1-14-8-7-11-18-15(2)12-19(23-20(14)18)25-16(3)21(24)22-13-17-9-5-4-6-10-17/h4-12,16H,13H2,1-3H3,(H,22,24)/t16-/m1/s1. The fraction of sp³-hybridized carbons (Fsp3) is 0.238. The Balaban J connectivity index is 1.70. The zero-order valence-electron chi connectivity index (χ0n) is 14.7. The number of hydrogen-bond donors (Lipinski definition) is 1. The molecule has 2 aromatic carbocycles. The van der Waals surface area contributed by atoms with Crippen LogP contribution in [-0.2, 0) is 11.3 Å². The first kappa shape index (κ1) is 17.5. The number of carbonyl (C=O) groups excluding carboxylic acids is 1. The highest BCUT2D eigenvalue weighted by Crippen LogP contribution is 2.28. The number of nitrogens with zero attached hydrogens (tertiary/aromatic N) is 1. The van der Waals surface area contributed by atoms with Gasteiger partial charge in [-0.2, -0.15) is 0 Å². The Labute approximate surface area is 152 Å². The van der Waals surface area contributed by atoms with E-state index in [1.165, 1.54) is 22.7 Å². The molecule has 0 bridgehead atoms. The summed E-state index contributed by atoms with van der Waals surface area (Å²) in [6.45, 7) is 6.63. The van der Waals surface area contributed by atoms with Crippen LogP contribution in [0.2, 0.25) is 0 Å². The summed E-state index contributed by atoms with van der Waals surface area (Å²) < 4.78 is 0. The molecule has 3 rings (SSSR count). The SMILES string of the molecule is Cc1cc(S[C@H](C)C(=O)NCc2ccccc2)nc2c(C)cccc12. The molecule has 1 heterocycles. The van der Waals surface area contributed by atoms with Crippen molar-refractivity contribution < 1.29 is 4.79 Å². The third-order valence-corrected chi connectivity index (χ3v) is 5.22. The topological polar surface area (TPSA) is 42.0 Å². The van der Waals surface area contributed by atoms with E-state index in [4.69, 9.17) is 4.98 Å². The van der Waals surface area contributed by atoms with Crippen molar-refractivity contribution in [1.29, 1.82) is 0 Å². The van der Waals surface area contributed by atoms with Gasteiger partial charge in [-0.05, 0) is 43.5 Å². The van der Waals surface area contributed by atoms with Gasteiger partial charge in [-0.25, -0.2) is 4.98 Å². The van der Waals surface area contributed by atoms with Crippen molar-refractivity contribution in [2.45, 2.75) is 37.6 Å². The lowest BCUT2D eigenvalue weighted by Gasteiger charge is -2.13. The highest BCUT2D eigenvalue weighted by molar-refractivity contribution is 8.00. The van der Waals surface area contributed by atoms with Gasteiger partial charge in [-0.3, -0.25) is 4.79 Å². The largest absolute Gasteiger partial charge is 0.351 e. The van der Waals surface area contributed by atoms with Gasteiger partial charge >= 0.3 is 0 Å². The van der Waals surface area contributed by atoms with E-state index in [9.17, 15) is 4.79 Å². The second-order valence-electron chi connectivity index (χ2n) is 6.21. The molecular formula is C21H22N2OS. The molecule has 0 aliphatic rings. The molecule has 4 heteroatoms. The average Bonchev–Trinajstić information content (AvgIpc) is 2.61. The average molecular weight is 350 g/mol. The number of aryl methyl sites for hydroxylation is 2. The van der Waals surface area contributed by atoms with Crippen molar-refractivity contribution in [1.82, 2.24) is 10.3 Å². The molecule has 25 heavy (non-hydrogen) atoms. The fourth-order valence-electron chi connectivity index (χ4n) is 2.75. The molecule has 0 unspecified atom stereocenters. The summed E-state index contributed by atoms with van der Waals surface area (Å²) in [6.07, 6.45) is 0. The van der Waals surface area contributed by atoms with Gasteiger partial charge in [0.2, 0.25) is 5.91 Å². The van der Waals surface area contributed by atoms with Crippen molar-refractivity contribution in [3.63, 3.8) is 0 Å². The Morgan fingerprint density at radius 2 is 1.84 bits per heavy atom. The van der Waals surface area contributed by atoms with Crippen LogP contribution in [0.5, 0.6) is 0 Å². The number of fused-ring (bicyclic) bond motifs is 1. The Morgan fingerprint density at radius 3 is 2.60 bits per heavy atom. The van der Waals surface area contributed by atoms with E-state index >= 15 is 0 Å². The minimum atomic E-state index is -0.197. The second-order valence-corrected chi connectivity index (χ2v) is 7.57. The number of aromatic nitrogens is 1.